The van der Waals surface area contributed by atoms with Crippen molar-refractivity contribution in [2.45, 2.75) is 70.3 Å². The van der Waals surface area contributed by atoms with Gasteiger partial charge in [0.15, 0.2) is 0 Å². The van der Waals surface area contributed by atoms with E-state index in [1.165, 1.54) is 25.9 Å². The molecule has 0 radical (unpaired) electrons. The molecule has 1 unspecified atom stereocenters. The van der Waals surface area contributed by atoms with Crippen molar-refractivity contribution in [3.8, 4) is 0 Å². The third-order valence-corrected chi connectivity index (χ3v) is 4.90. The first-order valence-corrected chi connectivity index (χ1v) is 8.79. The first kappa shape index (κ1) is 17.3. The van der Waals surface area contributed by atoms with Crippen LogP contribution in [-0.2, 0) is 14.3 Å². The average Bonchev–Trinajstić information content (AvgIpc) is 2.51. The standard InChI is InChI=1S/C17H29NO4/c19-16(20)7-5-3-1-2-4-6-8-17(21)22-15-13-18-11-9-14(15)10-12-18/h14-15H,1-13H2,(H,19,20). The largest absolute Gasteiger partial charge is 0.481 e. The molecule has 1 atom stereocenters. The van der Waals surface area contributed by atoms with Gasteiger partial charge in [0.05, 0.1) is 0 Å². The highest BCUT2D eigenvalue weighted by atomic mass is 16.5. The van der Waals surface area contributed by atoms with E-state index in [9.17, 15) is 9.59 Å². The van der Waals surface area contributed by atoms with Crippen molar-refractivity contribution in [2.24, 2.45) is 5.92 Å². The SMILES string of the molecule is O=C(O)CCCCCCCCC(=O)OC1CN2CCC1CC2. The Bertz CT molecular complexity index is 364. The van der Waals surface area contributed by atoms with Crippen LogP contribution in [0.15, 0.2) is 0 Å². The van der Waals surface area contributed by atoms with Crippen LogP contribution in [0.2, 0.25) is 0 Å². The normalized spacial score (nSPS) is 26.8. The Morgan fingerprint density at radius 3 is 2.09 bits per heavy atom. The Morgan fingerprint density at radius 1 is 0.955 bits per heavy atom. The maximum atomic E-state index is 11.9. The summed E-state index contributed by atoms with van der Waals surface area (Å²) < 4.78 is 5.65. The molecule has 3 aliphatic rings. The van der Waals surface area contributed by atoms with Crippen LogP contribution in [0.3, 0.4) is 0 Å². The van der Waals surface area contributed by atoms with Gasteiger partial charge in [-0.15, -0.1) is 0 Å². The number of carbonyl (C=O) groups is 2. The molecule has 3 rings (SSSR count). The van der Waals surface area contributed by atoms with E-state index in [-0.39, 0.29) is 18.5 Å². The second kappa shape index (κ2) is 9.13. The van der Waals surface area contributed by atoms with Crippen LogP contribution < -0.4 is 0 Å². The van der Waals surface area contributed by atoms with Gasteiger partial charge in [-0.25, -0.2) is 0 Å². The van der Waals surface area contributed by atoms with E-state index < -0.39 is 5.97 Å². The van der Waals surface area contributed by atoms with Crippen LogP contribution in [0.4, 0.5) is 0 Å². The molecule has 2 bridgehead atoms. The first-order valence-electron chi connectivity index (χ1n) is 8.79. The molecule has 0 aliphatic carbocycles. The minimum absolute atomic E-state index is 0.0374. The van der Waals surface area contributed by atoms with Crippen LogP contribution in [0, 0.1) is 5.92 Å². The number of carboxylic acids is 1. The van der Waals surface area contributed by atoms with Gasteiger partial charge in [-0.05, 0) is 44.7 Å². The minimum atomic E-state index is -0.713. The van der Waals surface area contributed by atoms with Crippen LogP contribution in [-0.4, -0.2) is 47.7 Å². The van der Waals surface area contributed by atoms with E-state index >= 15 is 0 Å². The summed E-state index contributed by atoms with van der Waals surface area (Å²) in [5.74, 6) is -0.164. The summed E-state index contributed by atoms with van der Waals surface area (Å²) in [5.41, 5.74) is 0. The van der Waals surface area contributed by atoms with Gasteiger partial charge < -0.3 is 9.84 Å². The third kappa shape index (κ3) is 5.95. The van der Waals surface area contributed by atoms with Crippen LogP contribution in [0.5, 0.6) is 0 Å². The first-order chi connectivity index (χ1) is 10.6. The Labute approximate surface area is 133 Å². The summed E-state index contributed by atoms with van der Waals surface area (Å²) in [6.45, 7) is 3.27. The quantitative estimate of drug-likeness (QED) is 0.496. The number of nitrogens with zero attached hydrogens (tertiary/aromatic N) is 1. The second-order valence-electron chi connectivity index (χ2n) is 6.68. The number of aliphatic carboxylic acids is 1. The van der Waals surface area contributed by atoms with Crippen molar-refractivity contribution >= 4 is 11.9 Å². The predicted octanol–water partition coefficient (Wildman–Crippen LogP) is 2.83. The van der Waals surface area contributed by atoms with Crippen molar-refractivity contribution in [3.63, 3.8) is 0 Å². The van der Waals surface area contributed by atoms with E-state index in [2.05, 4.69) is 4.90 Å². The van der Waals surface area contributed by atoms with Gasteiger partial charge in [-0.2, -0.15) is 0 Å². The molecule has 3 saturated heterocycles. The number of carbonyl (C=O) groups excluding carboxylic acids is 1. The van der Waals surface area contributed by atoms with Gasteiger partial charge in [-0.1, -0.05) is 25.7 Å². The molecule has 5 nitrogen and oxygen atoms in total. The summed E-state index contributed by atoms with van der Waals surface area (Å²) in [4.78, 5) is 24.7. The number of piperidine rings is 3. The molecule has 3 heterocycles. The smallest absolute Gasteiger partial charge is 0.306 e. The molecular formula is C17H29NO4. The fourth-order valence-corrected chi connectivity index (χ4v) is 3.52. The van der Waals surface area contributed by atoms with Crippen molar-refractivity contribution in [2.75, 3.05) is 19.6 Å². The van der Waals surface area contributed by atoms with Gasteiger partial charge >= 0.3 is 11.9 Å². The molecule has 3 aliphatic heterocycles. The lowest BCUT2D eigenvalue weighted by atomic mass is 9.86. The molecule has 0 aromatic rings. The lowest BCUT2D eigenvalue weighted by molar-refractivity contribution is -0.158. The van der Waals surface area contributed by atoms with Crippen molar-refractivity contribution in [3.05, 3.63) is 0 Å². The number of unbranched alkanes of at least 4 members (excludes halogenated alkanes) is 5. The van der Waals surface area contributed by atoms with Crippen LogP contribution >= 0.6 is 0 Å². The fraction of sp³-hybridized carbons (Fsp3) is 0.882. The molecule has 0 amide bonds. The van der Waals surface area contributed by atoms with Crippen LogP contribution in [0.1, 0.15) is 64.2 Å². The zero-order chi connectivity index (χ0) is 15.8. The van der Waals surface area contributed by atoms with Crippen molar-refractivity contribution < 1.29 is 19.4 Å². The predicted molar refractivity (Wildman–Crippen MR) is 83.6 cm³/mol. The van der Waals surface area contributed by atoms with E-state index in [1.54, 1.807) is 0 Å². The summed E-state index contributed by atoms with van der Waals surface area (Å²) >= 11 is 0. The Balaban J connectivity index is 1.45. The molecule has 1 N–H and O–H groups in total. The van der Waals surface area contributed by atoms with Crippen LogP contribution in [0.25, 0.3) is 0 Å². The number of hydrogen-bond donors (Lipinski definition) is 1. The second-order valence-corrected chi connectivity index (χ2v) is 6.68. The summed E-state index contributed by atoms with van der Waals surface area (Å²) in [7, 11) is 0. The van der Waals surface area contributed by atoms with Gasteiger partial charge in [0, 0.05) is 19.4 Å². The van der Waals surface area contributed by atoms with E-state index in [1.807, 2.05) is 0 Å². The summed E-state index contributed by atoms with van der Waals surface area (Å²) in [6.07, 6.45) is 9.06. The third-order valence-electron chi connectivity index (χ3n) is 4.90. The monoisotopic (exact) mass is 311 g/mol. The highest BCUT2D eigenvalue weighted by molar-refractivity contribution is 5.69. The molecule has 0 aromatic heterocycles. The van der Waals surface area contributed by atoms with Crippen molar-refractivity contribution in [1.82, 2.24) is 4.90 Å². The van der Waals surface area contributed by atoms with Gasteiger partial charge in [-0.3, -0.25) is 14.5 Å². The van der Waals surface area contributed by atoms with E-state index in [0.29, 0.717) is 12.3 Å². The number of esters is 1. The molecule has 0 saturated carbocycles. The summed E-state index contributed by atoms with van der Waals surface area (Å²) in [5, 5.41) is 8.53. The number of carboxylic acid groups (broad SMARTS) is 1. The highest BCUT2D eigenvalue weighted by Gasteiger charge is 2.36. The number of fused-ring (bicyclic) bond motifs is 3. The topological polar surface area (TPSA) is 66.8 Å². The fourth-order valence-electron chi connectivity index (χ4n) is 3.52. The molecule has 126 valence electrons. The Kier molecular flexibility index (Phi) is 7.16. The Morgan fingerprint density at radius 2 is 1.55 bits per heavy atom. The zero-order valence-corrected chi connectivity index (χ0v) is 13.5. The van der Waals surface area contributed by atoms with Gasteiger partial charge in [0.1, 0.15) is 6.10 Å². The van der Waals surface area contributed by atoms with E-state index in [4.69, 9.17) is 9.84 Å². The molecule has 0 spiro atoms. The lowest BCUT2D eigenvalue weighted by Gasteiger charge is -2.43. The number of rotatable bonds is 10. The van der Waals surface area contributed by atoms with Gasteiger partial charge in [0.2, 0.25) is 0 Å². The van der Waals surface area contributed by atoms with Crippen molar-refractivity contribution in [1.29, 1.82) is 0 Å². The number of ether oxygens (including phenoxy) is 1. The average molecular weight is 311 g/mol. The molecular weight excluding hydrogens is 282 g/mol. The molecule has 0 aromatic carbocycles. The summed E-state index contributed by atoms with van der Waals surface area (Å²) in [6, 6.07) is 0. The minimum Gasteiger partial charge on any atom is -0.481 e. The molecule has 5 heteroatoms. The molecule has 3 fully saturated rings. The molecule has 22 heavy (non-hydrogen) atoms. The Hall–Kier alpha value is -1.10. The lowest BCUT2D eigenvalue weighted by Crippen LogP contribution is -2.51. The maximum Gasteiger partial charge on any atom is 0.306 e. The van der Waals surface area contributed by atoms with Gasteiger partial charge in [0.25, 0.3) is 0 Å². The number of hydrogen-bond acceptors (Lipinski definition) is 4. The zero-order valence-electron chi connectivity index (χ0n) is 13.5. The maximum absolute atomic E-state index is 11.9. The highest BCUT2D eigenvalue weighted by Crippen LogP contribution is 2.29. The van der Waals surface area contributed by atoms with E-state index in [0.717, 1.165) is 45.1 Å².